The highest BCUT2D eigenvalue weighted by atomic mass is 35.5. The normalized spacial score (nSPS) is 10.8. The van der Waals surface area contributed by atoms with E-state index >= 15 is 0 Å². The smallest absolute Gasteiger partial charge is 0.364 e. The minimum Gasteiger partial charge on any atom is -0.421 e. The molecule has 0 saturated carbocycles. The molecule has 1 heterocycles. The van der Waals surface area contributed by atoms with Crippen molar-refractivity contribution in [1.82, 2.24) is 9.78 Å². The molecule has 0 N–H and O–H groups in total. The molecule has 3 aromatic rings. The van der Waals surface area contributed by atoms with Crippen LogP contribution in [0, 0.1) is 6.92 Å². The van der Waals surface area contributed by atoms with Crippen molar-refractivity contribution in [3.8, 4) is 5.75 Å². The van der Waals surface area contributed by atoms with Crippen LogP contribution >= 0.6 is 11.6 Å². The van der Waals surface area contributed by atoms with Crippen molar-refractivity contribution < 1.29 is 9.53 Å². The Balaban J connectivity index is 2.10. The maximum Gasteiger partial charge on any atom is 0.364 e. The van der Waals surface area contributed by atoms with Crippen LogP contribution in [0.5, 0.6) is 5.75 Å². The van der Waals surface area contributed by atoms with Gasteiger partial charge in [0.15, 0.2) is 5.69 Å². The molecule has 0 spiro atoms. The summed E-state index contributed by atoms with van der Waals surface area (Å²) in [4.78, 5) is 24.9. The van der Waals surface area contributed by atoms with Crippen LogP contribution in [-0.4, -0.2) is 15.7 Å². The van der Waals surface area contributed by atoms with Crippen LogP contribution in [0.15, 0.2) is 47.3 Å². The summed E-state index contributed by atoms with van der Waals surface area (Å²) in [6.45, 7) is 3.96. The maximum atomic E-state index is 12.6. The third-order valence-electron chi connectivity index (χ3n) is 3.70. The van der Waals surface area contributed by atoms with Gasteiger partial charge in [0.25, 0.3) is 5.56 Å². The summed E-state index contributed by atoms with van der Waals surface area (Å²) in [6, 6.07) is 11.9. The minimum atomic E-state index is -0.612. The molecule has 24 heavy (non-hydrogen) atoms. The number of nitrogens with zero attached hydrogens (tertiary/aromatic N) is 2. The molecule has 0 aliphatic heterocycles. The van der Waals surface area contributed by atoms with Gasteiger partial charge in [0, 0.05) is 17.0 Å². The number of carbonyl (C=O) groups is 1. The fraction of sp³-hybridized carbons (Fsp3) is 0.167. The summed E-state index contributed by atoms with van der Waals surface area (Å²) >= 11 is 5.91. The van der Waals surface area contributed by atoms with Gasteiger partial charge in [-0.3, -0.25) is 4.79 Å². The van der Waals surface area contributed by atoms with Gasteiger partial charge < -0.3 is 4.74 Å². The van der Waals surface area contributed by atoms with E-state index in [0.717, 1.165) is 5.56 Å². The average molecular weight is 343 g/mol. The second-order valence-corrected chi connectivity index (χ2v) is 5.75. The molecule has 0 radical (unpaired) electrons. The van der Waals surface area contributed by atoms with Crippen LogP contribution in [0.3, 0.4) is 0 Å². The van der Waals surface area contributed by atoms with E-state index in [1.54, 1.807) is 56.3 Å². The van der Waals surface area contributed by atoms with Crippen LogP contribution in [0.4, 0.5) is 0 Å². The summed E-state index contributed by atoms with van der Waals surface area (Å²) in [7, 11) is 0. The fourth-order valence-corrected chi connectivity index (χ4v) is 2.70. The van der Waals surface area contributed by atoms with Crippen molar-refractivity contribution in [2.24, 2.45) is 0 Å². The number of aromatic nitrogens is 2. The third-order valence-corrected chi connectivity index (χ3v) is 3.94. The topological polar surface area (TPSA) is 61.2 Å². The van der Waals surface area contributed by atoms with Crippen LogP contribution in [-0.2, 0) is 6.54 Å². The number of benzene rings is 2. The zero-order valence-corrected chi connectivity index (χ0v) is 14.0. The lowest BCUT2D eigenvalue weighted by Gasteiger charge is -2.10. The lowest BCUT2D eigenvalue weighted by Crippen LogP contribution is -2.26. The van der Waals surface area contributed by atoms with E-state index in [4.69, 9.17) is 16.3 Å². The zero-order valence-electron chi connectivity index (χ0n) is 13.2. The first-order valence-corrected chi connectivity index (χ1v) is 7.87. The second kappa shape index (κ2) is 6.45. The zero-order chi connectivity index (χ0) is 17.3. The summed E-state index contributed by atoms with van der Waals surface area (Å²) in [6.07, 6.45) is 0. The van der Waals surface area contributed by atoms with E-state index in [1.165, 1.54) is 4.68 Å². The maximum absolute atomic E-state index is 12.6. The van der Waals surface area contributed by atoms with Crippen LogP contribution < -0.4 is 10.3 Å². The Kier molecular flexibility index (Phi) is 4.36. The Morgan fingerprint density at radius 2 is 1.92 bits per heavy atom. The standard InChI is InChI=1S/C18H15ClN2O3/c1-3-21-17(22)14-7-5-4-6-13(14)16(20-21)18(23)24-15-9-8-12(19)10-11(15)2/h4-10H,3H2,1-2H3. The van der Waals surface area contributed by atoms with E-state index in [9.17, 15) is 9.59 Å². The van der Waals surface area contributed by atoms with Crippen molar-refractivity contribution in [3.63, 3.8) is 0 Å². The highest BCUT2D eigenvalue weighted by Crippen LogP contribution is 2.23. The molecule has 0 bridgehead atoms. The van der Waals surface area contributed by atoms with Gasteiger partial charge in [0.05, 0.1) is 5.39 Å². The summed E-state index contributed by atoms with van der Waals surface area (Å²) in [5, 5.41) is 5.65. The molecule has 6 heteroatoms. The number of rotatable bonds is 3. The van der Waals surface area contributed by atoms with Gasteiger partial charge in [0.2, 0.25) is 0 Å². The second-order valence-electron chi connectivity index (χ2n) is 5.31. The van der Waals surface area contributed by atoms with Gasteiger partial charge in [0.1, 0.15) is 5.75 Å². The van der Waals surface area contributed by atoms with Gasteiger partial charge in [-0.05, 0) is 43.7 Å². The first-order valence-electron chi connectivity index (χ1n) is 7.49. The number of hydrogen-bond donors (Lipinski definition) is 0. The molecule has 0 atom stereocenters. The van der Waals surface area contributed by atoms with Crippen molar-refractivity contribution in [1.29, 1.82) is 0 Å². The third kappa shape index (κ3) is 2.90. The Morgan fingerprint density at radius 3 is 2.58 bits per heavy atom. The summed E-state index contributed by atoms with van der Waals surface area (Å²) in [5.74, 6) is -0.205. The molecular formula is C18H15ClN2O3. The highest BCUT2D eigenvalue weighted by molar-refractivity contribution is 6.30. The van der Waals surface area contributed by atoms with E-state index in [0.29, 0.717) is 28.1 Å². The Hall–Kier alpha value is -2.66. The molecule has 0 unspecified atom stereocenters. The van der Waals surface area contributed by atoms with Gasteiger partial charge in [-0.2, -0.15) is 5.10 Å². The largest absolute Gasteiger partial charge is 0.421 e. The van der Waals surface area contributed by atoms with Gasteiger partial charge >= 0.3 is 5.97 Å². The number of ether oxygens (including phenoxy) is 1. The first-order chi connectivity index (χ1) is 11.5. The van der Waals surface area contributed by atoms with Crippen molar-refractivity contribution in [3.05, 3.63) is 69.1 Å². The number of fused-ring (bicyclic) bond motifs is 1. The van der Waals surface area contributed by atoms with Gasteiger partial charge in [-0.1, -0.05) is 29.8 Å². The number of aryl methyl sites for hydroxylation is 2. The molecule has 0 amide bonds. The van der Waals surface area contributed by atoms with E-state index in [-0.39, 0.29) is 11.3 Å². The molecule has 0 saturated heterocycles. The predicted molar refractivity (Wildman–Crippen MR) is 92.8 cm³/mol. The number of esters is 1. The minimum absolute atomic E-state index is 0.112. The summed E-state index contributed by atoms with van der Waals surface area (Å²) in [5.41, 5.74) is 0.623. The number of halogens is 1. The molecule has 122 valence electrons. The summed E-state index contributed by atoms with van der Waals surface area (Å²) < 4.78 is 6.72. The van der Waals surface area contributed by atoms with E-state index in [1.807, 2.05) is 0 Å². The van der Waals surface area contributed by atoms with Crippen LogP contribution in [0.1, 0.15) is 23.0 Å². The molecule has 1 aromatic heterocycles. The van der Waals surface area contributed by atoms with E-state index < -0.39 is 5.97 Å². The SMILES string of the molecule is CCn1nc(C(=O)Oc2ccc(Cl)cc2C)c2ccccc2c1=O. The van der Waals surface area contributed by atoms with E-state index in [2.05, 4.69) is 5.10 Å². The average Bonchev–Trinajstić information content (AvgIpc) is 2.58. The Bertz CT molecular complexity index is 995. The Labute approximate surface area is 143 Å². The molecule has 3 rings (SSSR count). The molecule has 5 nitrogen and oxygen atoms in total. The van der Waals surface area contributed by atoms with Gasteiger partial charge in [-0.25, -0.2) is 9.48 Å². The lowest BCUT2D eigenvalue weighted by atomic mass is 10.1. The van der Waals surface area contributed by atoms with Crippen LogP contribution in [0.25, 0.3) is 10.8 Å². The lowest BCUT2D eigenvalue weighted by molar-refractivity contribution is 0.0727. The number of carbonyl (C=O) groups excluding carboxylic acids is 1. The quantitative estimate of drug-likeness (QED) is 0.539. The predicted octanol–water partition coefficient (Wildman–Crippen LogP) is 3.60. The van der Waals surface area contributed by atoms with Gasteiger partial charge in [-0.15, -0.1) is 0 Å². The highest BCUT2D eigenvalue weighted by Gasteiger charge is 2.19. The molecule has 0 aliphatic rings. The Morgan fingerprint density at radius 1 is 1.21 bits per heavy atom. The fourth-order valence-electron chi connectivity index (χ4n) is 2.48. The molecule has 0 aliphatic carbocycles. The molecule has 2 aromatic carbocycles. The van der Waals surface area contributed by atoms with Crippen molar-refractivity contribution in [2.75, 3.05) is 0 Å². The number of hydrogen-bond acceptors (Lipinski definition) is 4. The van der Waals surface area contributed by atoms with Crippen molar-refractivity contribution >= 4 is 28.3 Å². The molecule has 0 fully saturated rings. The van der Waals surface area contributed by atoms with Crippen molar-refractivity contribution in [2.45, 2.75) is 20.4 Å². The van der Waals surface area contributed by atoms with Crippen LogP contribution in [0.2, 0.25) is 5.02 Å². The monoisotopic (exact) mass is 342 g/mol. The molecular weight excluding hydrogens is 328 g/mol. The first kappa shape index (κ1) is 16.2.